The van der Waals surface area contributed by atoms with Gasteiger partial charge in [-0.3, -0.25) is 0 Å². The van der Waals surface area contributed by atoms with Crippen LogP contribution in [-0.2, 0) is 0 Å². The first-order valence-electron chi connectivity index (χ1n) is 4.75. The average Bonchev–Trinajstić information content (AvgIpc) is 2.42. The number of rotatable bonds is 1. The Morgan fingerprint density at radius 1 is 1.43 bits per heavy atom. The first-order valence-corrected chi connectivity index (χ1v) is 4.75. The SMILES string of the molecule is N#CCN1CCCOc2ccccc21. The smallest absolute Gasteiger partial charge is 0.142 e. The van der Waals surface area contributed by atoms with Crippen molar-refractivity contribution < 1.29 is 4.74 Å². The van der Waals surface area contributed by atoms with Crippen LogP contribution in [0.5, 0.6) is 5.75 Å². The van der Waals surface area contributed by atoms with Crippen LogP contribution in [0.15, 0.2) is 24.3 Å². The van der Waals surface area contributed by atoms with Crippen LogP contribution in [0.25, 0.3) is 0 Å². The van der Waals surface area contributed by atoms with Gasteiger partial charge in [-0.15, -0.1) is 0 Å². The van der Waals surface area contributed by atoms with Crippen LogP contribution in [0, 0.1) is 11.3 Å². The topological polar surface area (TPSA) is 36.3 Å². The molecule has 0 N–H and O–H groups in total. The molecule has 3 heteroatoms. The molecule has 72 valence electrons. The number of anilines is 1. The lowest BCUT2D eigenvalue weighted by Crippen LogP contribution is -2.23. The monoisotopic (exact) mass is 188 g/mol. The molecule has 0 saturated carbocycles. The van der Waals surface area contributed by atoms with E-state index in [1.165, 1.54) is 0 Å². The van der Waals surface area contributed by atoms with Gasteiger partial charge in [-0.2, -0.15) is 5.26 Å². The lowest BCUT2D eigenvalue weighted by molar-refractivity contribution is 0.322. The zero-order valence-corrected chi connectivity index (χ0v) is 7.94. The van der Waals surface area contributed by atoms with E-state index in [0.717, 1.165) is 31.0 Å². The Morgan fingerprint density at radius 3 is 3.14 bits per heavy atom. The molecule has 1 aliphatic heterocycles. The first-order chi connectivity index (χ1) is 6.92. The number of nitriles is 1. The van der Waals surface area contributed by atoms with Gasteiger partial charge in [0.05, 0.1) is 18.4 Å². The van der Waals surface area contributed by atoms with Crippen molar-refractivity contribution >= 4 is 5.69 Å². The summed E-state index contributed by atoms with van der Waals surface area (Å²) in [6.07, 6.45) is 0.969. The Kier molecular flexibility index (Phi) is 2.55. The summed E-state index contributed by atoms with van der Waals surface area (Å²) in [5, 5.41) is 8.70. The van der Waals surface area contributed by atoms with Gasteiger partial charge < -0.3 is 9.64 Å². The Labute approximate surface area is 83.5 Å². The van der Waals surface area contributed by atoms with E-state index in [9.17, 15) is 0 Å². The summed E-state index contributed by atoms with van der Waals surface area (Å²) in [7, 11) is 0. The van der Waals surface area contributed by atoms with Crippen molar-refractivity contribution in [2.75, 3.05) is 24.6 Å². The molecule has 0 radical (unpaired) electrons. The molecule has 14 heavy (non-hydrogen) atoms. The van der Waals surface area contributed by atoms with E-state index >= 15 is 0 Å². The van der Waals surface area contributed by atoms with Crippen LogP contribution in [0.4, 0.5) is 5.69 Å². The molecule has 1 aromatic carbocycles. The zero-order valence-electron chi connectivity index (χ0n) is 7.94. The van der Waals surface area contributed by atoms with Gasteiger partial charge in [0.1, 0.15) is 12.3 Å². The van der Waals surface area contributed by atoms with E-state index in [1.807, 2.05) is 24.3 Å². The Hall–Kier alpha value is -1.69. The molecule has 0 amide bonds. The van der Waals surface area contributed by atoms with E-state index in [4.69, 9.17) is 10.00 Å². The highest BCUT2D eigenvalue weighted by molar-refractivity contribution is 5.59. The molecule has 3 nitrogen and oxygen atoms in total. The van der Waals surface area contributed by atoms with Gasteiger partial charge in [-0.1, -0.05) is 12.1 Å². The fraction of sp³-hybridized carbons (Fsp3) is 0.364. The molecule has 2 rings (SSSR count). The molecule has 0 bridgehead atoms. The van der Waals surface area contributed by atoms with Gasteiger partial charge in [0.2, 0.25) is 0 Å². The number of benzene rings is 1. The maximum atomic E-state index is 8.70. The van der Waals surface area contributed by atoms with E-state index in [1.54, 1.807) is 0 Å². The van der Waals surface area contributed by atoms with Crippen LogP contribution >= 0.6 is 0 Å². The molecule has 0 atom stereocenters. The second kappa shape index (κ2) is 4.01. The van der Waals surface area contributed by atoms with Crippen LogP contribution in [0.3, 0.4) is 0 Å². The highest BCUT2D eigenvalue weighted by atomic mass is 16.5. The average molecular weight is 188 g/mol. The van der Waals surface area contributed by atoms with Crippen LogP contribution in [0.1, 0.15) is 6.42 Å². The summed E-state index contributed by atoms with van der Waals surface area (Å²) in [5.74, 6) is 0.889. The number of para-hydroxylation sites is 2. The lowest BCUT2D eigenvalue weighted by atomic mass is 10.2. The standard InChI is InChI=1S/C11H12N2O/c12-6-8-13-7-3-9-14-11-5-2-1-4-10(11)13/h1-2,4-5H,3,7-9H2. The van der Waals surface area contributed by atoms with Gasteiger partial charge in [0.25, 0.3) is 0 Å². The van der Waals surface area contributed by atoms with Gasteiger partial charge >= 0.3 is 0 Å². The number of nitrogens with zero attached hydrogens (tertiary/aromatic N) is 2. The molecular formula is C11H12N2O. The van der Waals surface area contributed by atoms with Crippen LogP contribution in [-0.4, -0.2) is 19.7 Å². The fourth-order valence-corrected chi connectivity index (χ4v) is 1.65. The zero-order chi connectivity index (χ0) is 9.80. The quantitative estimate of drug-likeness (QED) is 0.630. The molecule has 1 heterocycles. The minimum atomic E-state index is 0.431. The molecule has 0 aliphatic carbocycles. The lowest BCUT2D eigenvalue weighted by Gasteiger charge is -2.19. The first kappa shape index (κ1) is 8.89. The third-order valence-corrected chi connectivity index (χ3v) is 2.30. The molecule has 1 aliphatic rings. The summed E-state index contributed by atoms with van der Waals surface area (Å²) >= 11 is 0. The number of fused-ring (bicyclic) bond motifs is 1. The second-order valence-electron chi connectivity index (χ2n) is 3.25. The number of hydrogen-bond acceptors (Lipinski definition) is 3. The van der Waals surface area contributed by atoms with E-state index in [-0.39, 0.29) is 0 Å². The molecule has 0 saturated heterocycles. The number of ether oxygens (including phenoxy) is 1. The van der Waals surface area contributed by atoms with E-state index in [2.05, 4.69) is 11.0 Å². The van der Waals surface area contributed by atoms with Crippen molar-refractivity contribution in [3.05, 3.63) is 24.3 Å². The molecule has 0 unspecified atom stereocenters. The molecule has 1 aromatic rings. The van der Waals surface area contributed by atoms with Gasteiger partial charge in [-0.05, 0) is 18.6 Å². The summed E-state index contributed by atoms with van der Waals surface area (Å²) in [6.45, 7) is 2.06. The Bertz CT molecular complexity index is 357. The fourth-order valence-electron chi connectivity index (χ4n) is 1.65. The minimum Gasteiger partial charge on any atom is -0.491 e. The normalized spacial score (nSPS) is 14.9. The summed E-state index contributed by atoms with van der Waals surface area (Å²) in [4.78, 5) is 2.06. The predicted molar refractivity (Wildman–Crippen MR) is 54.4 cm³/mol. The third kappa shape index (κ3) is 1.64. The predicted octanol–water partition coefficient (Wildman–Crippen LogP) is 1.80. The third-order valence-electron chi connectivity index (χ3n) is 2.30. The summed E-state index contributed by atoms with van der Waals surface area (Å²) in [5.41, 5.74) is 1.03. The largest absolute Gasteiger partial charge is 0.491 e. The molecular weight excluding hydrogens is 176 g/mol. The van der Waals surface area contributed by atoms with Gasteiger partial charge in [0, 0.05) is 6.54 Å². The second-order valence-corrected chi connectivity index (χ2v) is 3.25. The molecule has 0 aromatic heterocycles. The van der Waals surface area contributed by atoms with Gasteiger partial charge in [0.15, 0.2) is 0 Å². The van der Waals surface area contributed by atoms with Crippen molar-refractivity contribution in [1.82, 2.24) is 0 Å². The van der Waals surface area contributed by atoms with Crippen molar-refractivity contribution in [3.8, 4) is 11.8 Å². The van der Waals surface area contributed by atoms with Crippen molar-refractivity contribution in [2.45, 2.75) is 6.42 Å². The maximum absolute atomic E-state index is 8.70. The van der Waals surface area contributed by atoms with Crippen LogP contribution < -0.4 is 9.64 Å². The van der Waals surface area contributed by atoms with E-state index in [0.29, 0.717) is 6.54 Å². The highest BCUT2D eigenvalue weighted by Gasteiger charge is 2.14. The Morgan fingerprint density at radius 2 is 2.29 bits per heavy atom. The minimum absolute atomic E-state index is 0.431. The summed E-state index contributed by atoms with van der Waals surface area (Å²) in [6, 6.07) is 10.0. The highest BCUT2D eigenvalue weighted by Crippen LogP contribution is 2.29. The van der Waals surface area contributed by atoms with Crippen molar-refractivity contribution in [1.29, 1.82) is 5.26 Å². The maximum Gasteiger partial charge on any atom is 0.142 e. The van der Waals surface area contributed by atoms with E-state index < -0.39 is 0 Å². The summed E-state index contributed by atoms with van der Waals surface area (Å²) < 4.78 is 5.57. The van der Waals surface area contributed by atoms with Crippen LogP contribution in [0.2, 0.25) is 0 Å². The van der Waals surface area contributed by atoms with Crippen molar-refractivity contribution in [3.63, 3.8) is 0 Å². The Balaban J connectivity index is 2.33. The van der Waals surface area contributed by atoms with Crippen molar-refractivity contribution in [2.24, 2.45) is 0 Å². The van der Waals surface area contributed by atoms with Gasteiger partial charge in [-0.25, -0.2) is 0 Å². The molecule has 0 fully saturated rings. The number of hydrogen-bond donors (Lipinski definition) is 0. The molecule has 0 spiro atoms.